The number of hydrogen-bond donors (Lipinski definition) is 0. The highest BCUT2D eigenvalue weighted by molar-refractivity contribution is 9.10. The molecule has 1 heterocycles. The van der Waals surface area contributed by atoms with Crippen molar-refractivity contribution in [2.75, 3.05) is 13.1 Å². The van der Waals surface area contributed by atoms with E-state index in [-0.39, 0.29) is 15.8 Å². The first-order chi connectivity index (χ1) is 7.91. The summed E-state index contributed by atoms with van der Waals surface area (Å²) < 4.78 is 13.6. The van der Waals surface area contributed by atoms with Crippen LogP contribution in [0.5, 0.6) is 0 Å². The van der Waals surface area contributed by atoms with E-state index < -0.39 is 5.82 Å². The van der Waals surface area contributed by atoms with Crippen LogP contribution in [0.4, 0.5) is 4.39 Å². The van der Waals surface area contributed by atoms with Crippen LogP contribution in [0.1, 0.15) is 30.6 Å². The number of hydrogen-bond acceptors (Lipinski definition) is 1. The highest BCUT2D eigenvalue weighted by atomic mass is 79.9. The zero-order valence-corrected chi connectivity index (χ0v) is 11.6. The molecule has 0 radical (unpaired) electrons. The Morgan fingerprint density at radius 2 is 2.18 bits per heavy atom. The van der Waals surface area contributed by atoms with Gasteiger partial charge in [-0.15, -0.1) is 0 Å². The van der Waals surface area contributed by atoms with Crippen LogP contribution in [0.15, 0.2) is 22.7 Å². The zero-order chi connectivity index (χ0) is 12.6. The van der Waals surface area contributed by atoms with E-state index in [0.29, 0.717) is 5.56 Å². The first kappa shape index (κ1) is 12.6. The third-order valence-electron chi connectivity index (χ3n) is 3.15. The van der Waals surface area contributed by atoms with Crippen LogP contribution in [-0.2, 0) is 0 Å². The summed E-state index contributed by atoms with van der Waals surface area (Å²) in [5.74, 6) is -0.490. The lowest BCUT2D eigenvalue weighted by Gasteiger charge is -2.20. The van der Waals surface area contributed by atoms with E-state index in [1.807, 2.05) is 0 Å². The van der Waals surface area contributed by atoms with Gasteiger partial charge in [0.05, 0.1) is 10.0 Å². The van der Waals surface area contributed by atoms with Crippen molar-refractivity contribution < 1.29 is 9.18 Å². The summed E-state index contributed by atoms with van der Waals surface area (Å²) in [6, 6.07) is 4.56. The number of halogens is 2. The molecule has 1 fully saturated rings. The van der Waals surface area contributed by atoms with Gasteiger partial charge in [-0.25, -0.2) is 4.39 Å². The van der Waals surface area contributed by atoms with E-state index in [4.69, 9.17) is 0 Å². The van der Waals surface area contributed by atoms with Gasteiger partial charge in [-0.3, -0.25) is 4.79 Å². The second-order valence-corrected chi connectivity index (χ2v) is 6.04. The van der Waals surface area contributed by atoms with Gasteiger partial charge in [0, 0.05) is 13.1 Å². The molecule has 0 aromatic heterocycles. The van der Waals surface area contributed by atoms with Crippen molar-refractivity contribution in [3.05, 3.63) is 34.1 Å². The van der Waals surface area contributed by atoms with E-state index in [1.54, 1.807) is 17.0 Å². The molecule has 1 aromatic rings. The quantitative estimate of drug-likeness (QED) is 0.778. The van der Waals surface area contributed by atoms with Gasteiger partial charge in [-0.05, 0) is 39.9 Å². The minimum Gasteiger partial charge on any atom is -0.338 e. The van der Waals surface area contributed by atoms with E-state index in [2.05, 4.69) is 29.8 Å². The lowest BCUT2D eigenvalue weighted by Crippen LogP contribution is -2.30. The van der Waals surface area contributed by atoms with Crippen molar-refractivity contribution in [2.24, 2.45) is 5.41 Å². The Kier molecular flexibility index (Phi) is 3.25. The summed E-state index contributed by atoms with van der Waals surface area (Å²) >= 11 is 3.13. The highest BCUT2D eigenvalue weighted by Crippen LogP contribution is 2.31. The van der Waals surface area contributed by atoms with Crippen LogP contribution in [0.2, 0.25) is 0 Å². The smallest absolute Gasteiger partial charge is 0.255 e. The predicted molar refractivity (Wildman–Crippen MR) is 68.4 cm³/mol. The molecule has 4 heteroatoms. The summed E-state index contributed by atoms with van der Waals surface area (Å²) in [5.41, 5.74) is 0.567. The summed E-state index contributed by atoms with van der Waals surface area (Å²) in [4.78, 5) is 14.0. The summed E-state index contributed by atoms with van der Waals surface area (Å²) in [7, 11) is 0. The van der Waals surface area contributed by atoms with Gasteiger partial charge in [0.25, 0.3) is 5.91 Å². The van der Waals surface area contributed by atoms with Crippen molar-refractivity contribution in [1.29, 1.82) is 0 Å². The number of nitrogens with zero attached hydrogens (tertiary/aromatic N) is 1. The number of rotatable bonds is 1. The lowest BCUT2D eigenvalue weighted by molar-refractivity contribution is 0.0777. The standard InChI is InChI=1S/C13H15BrFNO/c1-13(2)6-7-16(8-13)12(17)9-4-3-5-10(15)11(9)14/h3-5H,6-8H2,1-2H3. The average molecular weight is 300 g/mol. The largest absolute Gasteiger partial charge is 0.338 e. The molecule has 0 spiro atoms. The predicted octanol–water partition coefficient (Wildman–Crippen LogP) is 3.46. The lowest BCUT2D eigenvalue weighted by atomic mass is 9.93. The maximum Gasteiger partial charge on any atom is 0.255 e. The van der Waals surface area contributed by atoms with E-state index in [9.17, 15) is 9.18 Å². The van der Waals surface area contributed by atoms with Gasteiger partial charge in [0.15, 0.2) is 0 Å². The fraction of sp³-hybridized carbons (Fsp3) is 0.462. The molecule has 0 aliphatic carbocycles. The van der Waals surface area contributed by atoms with Gasteiger partial charge in [0.1, 0.15) is 5.82 Å². The Bertz CT molecular complexity index is 459. The molecule has 1 aliphatic heterocycles. The van der Waals surface area contributed by atoms with Crippen molar-refractivity contribution in [3.8, 4) is 0 Å². The Hall–Kier alpha value is -0.900. The fourth-order valence-corrected chi connectivity index (χ4v) is 2.56. The molecule has 92 valence electrons. The molecule has 2 rings (SSSR count). The molecule has 0 unspecified atom stereocenters. The van der Waals surface area contributed by atoms with Crippen LogP contribution < -0.4 is 0 Å². The van der Waals surface area contributed by atoms with Gasteiger partial charge in [-0.2, -0.15) is 0 Å². The molecule has 1 aromatic carbocycles. The summed E-state index contributed by atoms with van der Waals surface area (Å²) in [6.45, 7) is 5.76. The van der Waals surface area contributed by atoms with Gasteiger partial charge in [0.2, 0.25) is 0 Å². The normalized spacial score (nSPS) is 18.5. The Balaban J connectivity index is 2.24. The average Bonchev–Trinajstić information content (AvgIpc) is 2.62. The molecule has 17 heavy (non-hydrogen) atoms. The van der Waals surface area contributed by atoms with Crippen molar-refractivity contribution in [2.45, 2.75) is 20.3 Å². The Morgan fingerprint density at radius 1 is 1.47 bits per heavy atom. The van der Waals surface area contributed by atoms with Crippen LogP contribution in [0.25, 0.3) is 0 Å². The van der Waals surface area contributed by atoms with Crippen LogP contribution in [-0.4, -0.2) is 23.9 Å². The van der Waals surface area contributed by atoms with Crippen LogP contribution in [0.3, 0.4) is 0 Å². The summed E-state index contributed by atoms with van der Waals surface area (Å²) in [5, 5.41) is 0. The number of carbonyl (C=O) groups excluding carboxylic acids is 1. The van der Waals surface area contributed by atoms with E-state index in [1.165, 1.54) is 6.07 Å². The molecule has 0 bridgehead atoms. The van der Waals surface area contributed by atoms with Crippen molar-refractivity contribution in [3.63, 3.8) is 0 Å². The Morgan fingerprint density at radius 3 is 2.76 bits per heavy atom. The topological polar surface area (TPSA) is 20.3 Å². The van der Waals surface area contributed by atoms with Gasteiger partial charge in [-0.1, -0.05) is 19.9 Å². The fourth-order valence-electron chi connectivity index (χ4n) is 2.13. The minimum atomic E-state index is -0.394. The minimum absolute atomic E-state index is 0.0954. The third kappa shape index (κ3) is 2.51. The molecule has 0 saturated carbocycles. The molecule has 0 atom stereocenters. The highest BCUT2D eigenvalue weighted by Gasteiger charge is 2.33. The molecule has 2 nitrogen and oxygen atoms in total. The molecule has 0 N–H and O–H groups in total. The first-order valence-electron chi connectivity index (χ1n) is 5.64. The molecular weight excluding hydrogens is 285 g/mol. The molecule has 1 aliphatic rings. The Labute approximate surface area is 109 Å². The van der Waals surface area contributed by atoms with Crippen LogP contribution in [0, 0.1) is 11.2 Å². The van der Waals surface area contributed by atoms with Crippen molar-refractivity contribution >= 4 is 21.8 Å². The third-order valence-corrected chi connectivity index (χ3v) is 3.95. The first-order valence-corrected chi connectivity index (χ1v) is 6.43. The van der Waals surface area contributed by atoms with E-state index >= 15 is 0 Å². The molecule has 1 amide bonds. The van der Waals surface area contributed by atoms with Gasteiger partial charge < -0.3 is 4.90 Å². The molecular formula is C13H15BrFNO. The SMILES string of the molecule is CC1(C)CCN(C(=O)c2cccc(F)c2Br)C1. The van der Waals surface area contributed by atoms with E-state index in [0.717, 1.165) is 19.5 Å². The molecule has 1 saturated heterocycles. The maximum atomic E-state index is 13.4. The summed E-state index contributed by atoms with van der Waals surface area (Å²) in [6.07, 6.45) is 0.992. The van der Waals surface area contributed by atoms with Crippen LogP contribution >= 0.6 is 15.9 Å². The number of likely N-dealkylation sites (tertiary alicyclic amines) is 1. The van der Waals surface area contributed by atoms with Gasteiger partial charge >= 0.3 is 0 Å². The number of carbonyl (C=O) groups is 1. The second kappa shape index (κ2) is 4.41. The van der Waals surface area contributed by atoms with Crippen molar-refractivity contribution in [1.82, 2.24) is 4.90 Å². The maximum absolute atomic E-state index is 13.4. The number of benzene rings is 1. The second-order valence-electron chi connectivity index (χ2n) is 5.24. The number of amides is 1. The monoisotopic (exact) mass is 299 g/mol. The zero-order valence-electron chi connectivity index (χ0n) is 9.96.